The topological polar surface area (TPSA) is 84.9 Å². The first-order chi connectivity index (χ1) is 18.8. The first-order valence-corrected chi connectivity index (χ1v) is 11.9. The third kappa shape index (κ3) is 9.21. The first kappa shape index (κ1) is 32.0. The lowest BCUT2D eigenvalue weighted by Gasteiger charge is -2.29. The Morgan fingerprint density at radius 3 is 2.05 bits per heavy atom. The Hall–Kier alpha value is -4.22. The van der Waals surface area contributed by atoms with E-state index in [2.05, 4.69) is 10.1 Å². The quantitative estimate of drug-likeness (QED) is 0.207. The van der Waals surface area contributed by atoms with E-state index in [1.165, 1.54) is 12.1 Å². The minimum Gasteiger partial charge on any atom is -0.496 e. The second-order valence-corrected chi connectivity index (χ2v) is 8.39. The highest BCUT2D eigenvalue weighted by Gasteiger charge is 2.33. The summed E-state index contributed by atoms with van der Waals surface area (Å²) in [7, 11) is 1.16. The molecule has 2 atom stereocenters. The SMILES string of the molecule is CCCC(c1ccccc1)C(NC(=O)c1ccc(C(F)(F)F)cc1OC)c1ccc(OC(F)(F)F)cc1.O=CO. The van der Waals surface area contributed by atoms with Gasteiger partial charge in [0.05, 0.1) is 24.3 Å². The van der Waals surface area contributed by atoms with Gasteiger partial charge in [0, 0.05) is 5.92 Å². The zero-order valence-electron chi connectivity index (χ0n) is 21.4. The van der Waals surface area contributed by atoms with Gasteiger partial charge in [-0.2, -0.15) is 13.2 Å². The van der Waals surface area contributed by atoms with Gasteiger partial charge in [-0.05, 0) is 47.9 Å². The van der Waals surface area contributed by atoms with Crippen LogP contribution in [-0.4, -0.2) is 31.0 Å². The van der Waals surface area contributed by atoms with Gasteiger partial charge in [0.1, 0.15) is 11.5 Å². The number of ether oxygens (including phenoxy) is 2. The molecule has 0 aromatic heterocycles. The van der Waals surface area contributed by atoms with Gasteiger partial charge >= 0.3 is 12.5 Å². The maximum absolute atomic E-state index is 13.3. The summed E-state index contributed by atoms with van der Waals surface area (Å²) in [5.41, 5.74) is 0.299. The Bertz CT molecular complexity index is 1230. The van der Waals surface area contributed by atoms with Gasteiger partial charge in [0.15, 0.2) is 0 Å². The number of carbonyl (C=O) groups is 2. The van der Waals surface area contributed by atoms with Gasteiger partial charge < -0.3 is 19.9 Å². The largest absolute Gasteiger partial charge is 0.573 e. The molecule has 6 nitrogen and oxygen atoms in total. The van der Waals surface area contributed by atoms with E-state index in [9.17, 15) is 31.1 Å². The summed E-state index contributed by atoms with van der Waals surface area (Å²) < 4.78 is 86.3. The first-order valence-electron chi connectivity index (χ1n) is 11.9. The van der Waals surface area contributed by atoms with E-state index >= 15 is 0 Å². The van der Waals surface area contributed by atoms with Crippen molar-refractivity contribution in [1.82, 2.24) is 5.32 Å². The summed E-state index contributed by atoms with van der Waals surface area (Å²) in [6, 6.07) is 16.2. The molecule has 2 unspecified atom stereocenters. The van der Waals surface area contributed by atoms with Crippen LogP contribution in [0.25, 0.3) is 0 Å². The van der Waals surface area contributed by atoms with Crippen molar-refractivity contribution in [3.05, 3.63) is 95.1 Å². The number of carboxylic acid groups (broad SMARTS) is 1. The molecule has 3 aromatic rings. The van der Waals surface area contributed by atoms with Crippen molar-refractivity contribution in [3.8, 4) is 11.5 Å². The average molecular weight is 572 g/mol. The number of carbonyl (C=O) groups excluding carboxylic acids is 1. The molecule has 0 fully saturated rings. The molecule has 0 heterocycles. The normalized spacial score (nSPS) is 12.8. The molecule has 0 aliphatic rings. The highest BCUT2D eigenvalue weighted by atomic mass is 19.4. The molecular formula is C28H27F6NO5. The minimum atomic E-state index is -4.86. The summed E-state index contributed by atoms with van der Waals surface area (Å²) in [4.78, 5) is 21.7. The molecule has 216 valence electrons. The summed E-state index contributed by atoms with van der Waals surface area (Å²) in [5, 5.41) is 9.76. The van der Waals surface area contributed by atoms with Gasteiger partial charge in [-0.3, -0.25) is 9.59 Å². The summed E-state index contributed by atoms with van der Waals surface area (Å²) >= 11 is 0. The molecule has 2 N–H and O–H groups in total. The van der Waals surface area contributed by atoms with Crippen molar-refractivity contribution in [2.75, 3.05) is 7.11 Å². The number of halogens is 6. The molecule has 3 aromatic carbocycles. The molecule has 0 radical (unpaired) electrons. The van der Waals surface area contributed by atoms with Gasteiger partial charge in [-0.1, -0.05) is 55.8 Å². The number of hydrogen-bond donors (Lipinski definition) is 2. The standard InChI is InChI=1S/C27H25F6NO3.CH2O2/c1-3-7-21(17-8-5-4-6-9-17)24(18-10-13-20(14-11-18)37-27(31,32)33)34-25(35)22-15-12-19(26(28,29)30)16-23(22)36-2;2-1-3/h4-6,8-16,21,24H,3,7H2,1-2H3,(H,34,35);1H,(H,2,3). The monoisotopic (exact) mass is 571 g/mol. The Labute approximate surface area is 226 Å². The molecule has 0 saturated carbocycles. The van der Waals surface area contributed by atoms with Crippen LogP contribution in [0.3, 0.4) is 0 Å². The van der Waals surface area contributed by atoms with Crippen LogP contribution in [0.1, 0.15) is 58.8 Å². The number of rotatable bonds is 9. The van der Waals surface area contributed by atoms with Gasteiger partial charge in [0.2, 0.25) is 0 Å². The Kier molecular flexibility index (Phi) is 11.4. The Balaban J connectivity index is 0.00000178. The van der Waals surface area contributed by atoms with Crippen molar-refractivity contribution < 1.29 is 50.5 Å². The van der Waals surface area contributed by atoms with Crippen LogP contribution in [0.2, 0.25) is 0 Å². The summed E-state index contributed by atoms with van der Waals surface area (Å²) in [6.45, 7) is 1.70. The van der Waals surface area contributed by atoms with Crippen molar-refractivity contribution in [3.63, 3.8) is 0 Å². The van der Waals surface area contributed by atoms with Gasteiger partial charge in [-0.25, -0.2) is 0 Å². The highest BCUT2D eigenvalue weighted by Crippen LogP contribution is 2.37. The van der Waals surface area contributed by atoms with E-state index in [0.29, 0.717) is 12.0 Å². The van der Waals surface area contributed by atoms with E-state index in [4.69, 9.17) is 14.6 Å². The third-order valence-electron chi connectivity index (χ3n) is 5.76. The van der Waals surface area contributed by atoms with Gasteiger partial charge in [-0.15, -0.1) is 13.2 Å². The third-order valence-corrected chi connectivity index (χ3v) is 5.76. The lowest BCUT2D eigenvalue weighted by molar-refractivity contribution is -0.274. The maximum Gasteiger partial charge on any atom is 0.573 e. The van der Waals surface area contributed by atoms with E-state index < -0.39 is 35.8 Å². The molecule has 1 amide bonds. The van der Waals surface area contributed by atoms with E-state index in [1.807, 2.05) is 37.3 Å². The maximum atomic E-state index is 13.3. The lowest BCUT2D eigenvalue weighted by Crippen LogP contribution is -2.33. The fourth-order valence-electron chi connectivity index (χ4n) is 4.10. The van der Waals surface area contributed by atoms with E-state index in [-0.39, 0.29) is 23.7 Å². The number of methoxy groups -OCH3 is 1. The second-order valence-electron chi connectivity index (χ2n) is 8.39. The van der Waals surface area contributed by atoms with Crippen LogP contribution in [0, 0.1) is 0 Å². The zero-order chi connectivity index (χ0) is 29.9. The van der Waals surface area contributed by atoms with Gasteiger partial charge in [0.25, 0.3) is 12.4 Å². The molecular weight excluding hydrogens is 544 g/mol. The van der Waals surface area contributed by atoms with Crippen molar-refractivity contribution in [2.45, 2.75) is 44.3 Å². The fraction of sp³-hybridized carbons (Fsp3) is 0.286. The Morgan fingerprint density at radius 2 is 1.55 bits per heavy atom. The lowest BCUT2D eigenvalue weighted by atomic mass is 9.83. The average Bonchev–Trinajstić information content (AvgIpc) is 2.90. The van der Waals surface area contributed by atoms with Crippen LogP contribution in [-0.2, 0) is 11.0 Å². The number of alkyl halides is 6. The van der Waals surface area contributed by atoms with Crippen molar-refractivity contribution in [1.29, 1.82) is 0 Å². The molecule has 0 aliphatic carbocycles. The number of hydrogen-bond acceptors (Lipinski definition) is 4. The second kappa shape index (κ2) is 14.2. The number of amides is 1. The van der Waals surface area contributed by atoms with E-state index in [1.54, 1.807) is 0 Å². The molecule has 0 bridgehead atoms. The zero-order valence-corrected chi connectivity index (χ0v) is 21.4. The molecule has 40 heavy (non-hydrogen) atoms. The smallest absolute Gasteiger partial charge is 0.496 e. The van der Waals surface area contributed by atoms with Crippen LogP contribution in [0.15, 0.2) is 72.8 Å². The Morgan fingerprint density at radius 1 is 0.950 bits per heavy atom. The van der Waals surface area contributed by atoms with Crippen LogP contribution in [0.5, 0.6) is 11.5 Å². The van der Waals surface area contributed by atoms with E-state index in [0.717, 1.165) is 49.4 Å². The number of benzene rings is 3. The predicted molar refractivity (Wildman–Crippen MR) is 134 cm³/mol. The van der Waals surface area contributed by atoms with Crippen molar-refractivity contribution in [2.24, 2.45) is 0 Å². The summed E-state index contributed by atoms with van der Waals surface area (Å²) in [5.74, 6) is -1.66. The minimum absolute atomic E-state index is 0.110. The highest BCUT2D eigenvalue weighted by molar-refractivity contribution is 5.97. The summed E-state index contributed by atoms with van der Waals surface area (Å²) in [6.07, 6.45) is -8.14. The van der Waals surface area contributed by atoms with Crippen LogP contribution in [0.4, 0.5) is 26.3 Å². The molecule has 0 aliphatic heterocycles. The molecule has 3 rings (SSSR count). The molecule has 12 heteroatoms. The fourth-order valence-corrected chi connectivity index (χ4v) is 4.10. The predicted octanol–water partition coefficient (Wildman–Crippen LogP) is 7.37. The van der Waals surface area contributed by atoms with Crippen molar-refractivity contribution >= 4 is 12.4 Å². The molecule has 0 saturated heterocycles. The number of nitrogens with one attached hydrogen (secondary N) is 1. The molecule has 0 spiro atoms. The van der Waals surface area contributed by atoms with Crippen LogP contribution < -0.4 is 14.8 Å². The van der Waals surface area contributed by atoms with Crippen LogP contribution >= 0.6 is 0 Å².